The van der Waals surface area contributed by atoms with Gasteiger partial charge in [0.15, 0.2) is 0 Å². The molecule has 0 aliphatic heterocycles. The normalized spacial score (nSPS) is 16.2. The van der Waals surface area contributed by atoms with Crippen molar-refractivity contribution in [3.63, 3.8) is 0 Å². The molecule has 3 amide bonds. The number of hydrogen-bond acceptors (Lipinski definition) is 2. The van der Waals surface area contributed by atoms with E-state index >= 15 is 0 Å². The summed E-state index contributed by atoms with van der Waals surface area (Å²) in [6, 6.07) is 0.0411. The third-order valence-corrected chi connectivity index (χ3v) is 2.36. The fourth-order valence-corrected chi connectivity index (χ4v) is 1.41. The van der Waals surface area contributed by atoms with Gasteiger partial charge in [-0.05, 0) is 40.0 Å². The number of carbonyl (C=O) groups is 2. The molecule has 0 heterocycles. The lowest BCUT2D eigenvalue weighted by molar-refractivity contribution is -0.121. The lowest BCUT2D eigenvalue weighted by atomic mass is 9.93. The topological polar surface area (TPSA) is 70.2 Å². The summed E-state index contributed by atoms with van der Waals surface area (Å²) < 4.78 is 0. The van der Waals surface area contributed by atoms with E-state index in [1.54, 1.807) is 0 Å². The van der Waals surface area contributed by atoms with Gasteiger partial charge in [-0.1, -0.05) is 0 Å². The third-order valence-electron chi connectivity index (χ3n) is 2.36. The van der Waals surface area contributed by atoms with E-state index in [0.717, 1.165) is 12.8 Å². The minimum atomic E-state index is -0.261. The molecule has 0 bridgehead atoms. The Balaban J connectivity index is 2.13. The first-order chi connectivity index (χ1) is 7.37. The Labute approximate surface area is 96.4 Å². The van der Waals surface area contributed by atoms with Crippen LogP contribution >= 0.6 is 0 Å². The van der Waals surface area contributed by atoms with Crippen LogP contribution in [0.15, 0.2) is 0 Å². The predicted molar refractivity (Wildman–Crippen MR) is 62.1 cm³/mol. The largest absolute Gasteiger partial charge is 0.350 e. The van der Waals surface area contributed by atoms with E-state index in [4.69, 9.17) is 0 Å². The van der Waals surface area contributed by atoms with Gasteiger partial charge >= 0.3 is 6.03 Å². The van der Waals surface area contributed by atoms with E-state index in [0.29, 0.717) is 6.04 Å². The quantitative estimate of drug-likeness (QED) is 0.666. The second-order valence-electron chi connectivity index (χ2n) is 5.25. The van der Waals surface area contributed by atoms with Crippen LogP contribution in [-0.2, 0) is 4.79 Å². The number of urea groups is 1. The van der Waals surface area contributed by atoms with Gasteiger partial charge in [-0.3, -0.25) is 4.79 Å². The Morgan fingerprint density at radius 1 is 1.25 bits per heavy atom. The van der Waals surface area contributed by atoms with E-state index < -0.39 is 0 Å². The molecule has 0 radical (unpaired) electrons. The van der Waals surface area contributed by atoms with Crippen molar-refractivity contribution in [3.8, 4) is 0 Å². The predicted octanol–water partition coefficient (Wildman–Crippen LogP) is 0.753. The first kappa shape index (κ1) is 12.8. The van der Waals surface area contributed by atoms with Crippen molar-refractivity contribution in [1.82, 2.24) is 16.0 Å². The van der Waals surface area contributed by atoms with E-state index in [9.17, 15) is 9.59 Å². The van der Waals surface area contributed by atoms with E-state index in [-0.39, 0.29) is 24.0 Å². The molecule has 5 heteroatoms. The van der Waals surface area contributed by atoms with Crippen molar-refractivity contribution in [1.29, 1.82) is 0 Å². The third kappa shape index (κ3) is 5.00. The molecule has 1 saturated carbocycles. The first-order valence-corrected chi connectivity index (χ1v) is 5.72. The second kappa shape index (κ2) is 5.18. The van der Waals surface area contributed by atoms with Crippen LogP contribution in [0.25, 0.3) is 0 Å². The second-order valence-corrected chi connectivity index (χ2v) is 5.25. The molecule has 0 spiro atoms. The molecular formula is C11H21N3O2. The summed E-state index contributed by atoms with van der Waals surface area (Å²) in [5.74, 6) is -0.170. The maximum absolute atomic E-state index is 11.4. The summed E-state index contributed by atoms with van der Waals surface area (Å²) in [7, 11) is 0. The monoisotopic (exact) mass is 227 g/mol. The molecule has 16 heavy (non-hydrogen) atoms. The van der Waals surface area contributed by atoms with Crippen LogP contribution in [0, 0.1) is 0 Å². The molecule has 0 unspecified atom stereocenters. The van der Waals surface area contributed by atoms with Gasteiger partial charge in [0, 0.05) is 11.6 Å². The highest BCUT2D eigenvalue weighted by molar-refractivity contribution is 5.84. The molecule has 0 saturated heterocycles. The van der Waals surface area contributed by atoms with Crippen LogP contribution in [-0.4, -0.2) is 30.1 Å². The van der Waals surface area contributed by atoms with E-state index in [2.05, 4.69) is 16.0 Å². The maximum atomic E-state index is 11.4. The van der Waals surface area contributed by atoms with Gasteiger partial charge in [0.25, 0.3) is 0 Å². The van der Waals surface area contributed by atoms with Crippen LogP contribution in [0.1, 0.15) is 40.0 Å². The average molecular weight is 227 g/mol. The lowest BCUT2D eigenvalue weighted by Crippen LogP contribution is -2.50. The summed E-state index contributed by atoms with van der Waals surface area (Å²) >= 11 is 0. The zero-order chi connectivity index (χ0) is 12.2. The maximum Gasteiger partial charge on any atom is 0.315 e. The highest BCUT2D eigenvalue weighted by Crippen LogP contribution is 2.17. The van der Waals surface area contributed by atoms with Gasteiger partial charge in [0.05, 0.1) is 6.54 Å². The minimum absolute atomic E-state index is 0.0236. The zero-order valence-corrected chi connectivity index (χ0v) is 10.2. The molecule has 0 aromatic heterocycles. The first-order valence-electron chi connectivity index (χ1n) is 5.72. The molecule has 1 fully saturated rings. The lowest BCUT2D eigenvalue weighted by Gasteiger charge is -2.26. The van der Waals surface area contributed by atoms with Crippen LogP contribution < -0.4 is 16.0 Å². The van der Waals surface area contributed by atoms with Gasteiger partial charge in [-0.25, -0.2) is 4.79 Å². The number of nitrogens with one attached hydrogen (secondary N) is 3. The SMILES string of the molecule is CC(C)(C)NC(=O)CNC(=O)NC1CCC1. The number of carbonyl (C=O) groups excluding carboxylic acids is 2. The Morgan fingerprint density at radius 2 is 1.88 bits per heavy atom. The van der Waals surface area contributed by atoms with Crippen molar-refractivity contribution >= 4 is 11.9 Å². The van der Waals surface area contributed by atoms with Crippen LogP contribution in [0.5, 0.6) is 0 Å². The van der Waals surface area contributed by atoms with E-state index in [1.807, 2.05) is 20.8 Å². The zero-order valence-electron chi connectivity index (χ0n) is 10.2. The molecule has 3 N–H and O–H groups in total. The fourth-order valence-electron chi connectivity index (χ4n) is 1.41. The molecule has 0 aromatic carbocycles. The van der Waals surface area contributed by atoms with Crippen molar-refractivity contribution in [2.75, 3.05) is 6.54 Å². The molecule has 92 valence electrons. The van der Waals surface area contributed by atoms with Crippen molar-refractivity contribution in [3.05, 3.63) is 0 Å². The van der Waals surface area contributed by atoms with Gasteiger partial charge in [0.1, 0.15) is 0 Å². The summed E-state index contributed by atoms with van der Waals surface area (Å²) in [5.41, 5.74) is -0.261. The van der Waals surface area contributed by atoms with Gasteiger partial charge < -0.3 is 16.0 Å². The average Bonchev–Trinajstić information content (AvgIpc) is 2.05. The molecule has 0 aromatic rings. The Morgan fingerprint density at radius 3 is 2.31 bits per heavy atom. The summed E-state index contributed by atoms with van der Waals surface area (Å²) in [4.78, 5) is 22.7. The highest BCUT2D eigenvalue weighted by atomic mass is 16.2. The standard InChI is InChI=1S/C11H21N3O2/c1-11(2,3)14-9(15)7-12-10(16)13-8-5-4-6-8/h8H,4-7H2,1-3H3,(H,14,15)(H2,12,13,16). The number of rotatable bonds is 3. The van der Waals surface area contributed by atoms with Crippen molar-refractivity contribution < 1.29 is 9.59 Å². The number of hydrogen-bond donors (Lipinski definition) is 3. The molecule has 1 aliphatic rings. The van der Waals surface area contributed by atoms with Crippen molar-refractivity contribution in [2.24, 2.45) is 0 Å². The smallest absolute Gasteiger partial charge is 0.315 e. The van der Waals surface area contributed by atoms with E-state index in [1.165, 1.54) is 6.42 Å². The van der Waals surface area contributed by atoms with Crippen molar-refractivity contribution in [2.45, 2.75) is 51.6 Å². The highest BCUT2D eigenvalue weighted by Gasteiger charge is 2.20. The summed E-state index contributed by atoms with van der Waals surface area (Å²) in [6.45, 7) is 5.73. The van der Waals surface area contributed by atoms with Crippen LogP contribution in [0.4, 0.5) is 4.79 Å². The summed E-state index contributed by atoms with van der Waals surface area (Å²) in [5, 5.41) is 8.12. The minimum Gasteiger partial charge on any atom is -0.350 e. The fraction of sp³-hybridized carbons (Fsp3) is 0.818. The van der Waals surface area contributed by atoms with Gasteiger partial charge in [-0.2, -0.15) is 0 Å². The number of amides is 3. The Kier molecular flexibility index (Phi) is 4.15. The molecule has 5 nitrogen and oxygen atoms in total. The molecule has 1 aliphatic carbocycles. The molecular weight excluding hydrogens is 206 g/mol. The Hall–Kier alpha value is -1.26. The molecule has 1 rings (SSSR count). The van der Waals surface area contributed by atoms with Gasteiger partial charge in [-0.15, -0.1) is 0 Å². The Bertz CT molecular complexity index is 267. The van der Waals surface area contributed by atoms with Crippen LogP contribution in [0.2, 0.25) is 0 Å². The van der Waals surface area contributed by atoms with Crippen LogP contribution in [0.3, 0.4) is 0 Å². The summed E-state index contributed by atoms with van der Waals surface area (Å²) in [6.07, 6.45) is 3.26. The molecule has 0 atom stereocenters. The van der Waals surface area contributed by atoms with Gasteiger partial charge in [0.2, 0.25) is 5.91 Å².